The second-order valence-electron chi connectivity index (χ2n) is 8.15. The number of carbonyl (C=O) groups is 5. The van der Waals surface area contributed by atoms with Crippen molar-refractivity contribution >= 4 is 29.7 Å². The summed E-state index contributed by atoms with van der Waals surface area (Å²) in [6, 6.07) is 2.41. The smallest absolute Gasteiger partial charge is 0.415 e. The molecule has 0 saturated carbocycles. The number of methoxy groups -OCH3 is 2. The van der Waals surface area contributed by atoms with E-state index in [1.165, 1.54) is 7.11 Å². The predicted octanol–water partition coefficient (Wildman–Crippen LogP) is 1.56. The molecule has 1 aromatic carbocycles. The van der Waals surface area contributed by atoms with Gasteiger partial charge in [0.1, 0.15) is 11.8 Å². The lowest BCUT2D eigenvalue weighted by molar-refractivity contribution is -0.140. The lowest BCUT2D eigenvalue weighted by atomic mass is 10.0. The van der Waals surface area contributed by atoms with Crippen LogP contribution >= 0.6 is 0 Å². The summed E-state index contributed by atoms with van der Waals surface area (Å²) in [7, 11) is 2.63. The van der Waals surface area contributed by atoms with Gasteiger partial charge in [0, 0.05) is 6.54 Å². The molecule has 5 amide bonds. The number of ether oxygens (including phenoxy) is 2. The third-order valence-electron chi connectivity index (χ3n) is 4.79. The minimum absolute atomic E-state index is 0.0135. The van der Waals surface area contributed by atoms with Gasteiger partial charge >= 0.3 is 12.1 Å². The first-order chi connectivity index (χ1) is 16.0. The highest BCUT2D eigenvalue weighted by molar-refractivity contribution is 6.38. The predicted molar refractivity (Wildman–Crippen MR) is 124 cm³/mol. The van der Waals surface area contributed by atoms with Gasteiger partial charge in [0.25, 0.3) is 5.91 Å². The van der Waals surface area contributed by atoms with Gasteiger partial charge in [-0.3, -0.25) is 14.4 Å². The van der Waals surface area contributed by atoms with E-state index in [4.69, 9.17) is 4.74 Å². The molecule has 11 nitrogen and oxygen atoms in total. The molecular weight excluding hydrogens is 444 g/mol. The first kappa shape index (κ1) is 28.4. The van der Waals surface area contributed by atoms with Crippen LogP contribution in [0.25, 0.3) is 0 Å². The molecule has 0 aliphatic heterocycles. The molecule has 0 radical (unpaired) electrons. The van der Waals surface area contributed by atoms with Gasteiger partial charge in [0.05, 0.1) is 20.3 Å². The van der Waals surface area contributed by atoms with E-state index in [1.807, 2.05) is 38.2 Å². The van der Waals surface area contributed by atoms with Crippen LogP contribution < -0.4 is 26.0 Å². The van der Waals surface area contributed by atoms with Crippen molar-refractivity contribution in [2.75, 3.05) is 14.2 Å². The zero-order valence-corrected chi connectivity index (χ0v) is 20.4. The Morgan fingerprint density at radius 3 is 2.21 bits per heavy atom. The number of ketones is 1. The molecule has 2 atom stereocenters. The number of alkyl carbamates (subject to hydrolysis) is 1. The Morgan fingerprint density at radius 1 is 0.971 bits per heavy atom. The van der Waals surface area contributed by atoms with Gasteiger partial charge < -0.3 is 25.4 Å². The third kappa shape index (κ3) is 9.47. The van der Waals surface area contributed by atoms with E-state index < -0.39 is 41.8 Å². The molecule has 0 aromatic heterocycles. The van der Waals surface area contributed by atoms with E-state index in [0.29, 0.717) is 5.75 Å². The summed E-state index contributed by atoms with van der Waals surface area (Å²) in [4.78, 5) is 61.1. The summed E-state index contributed by atoms with van der Waals surface area (Å²) in [5, 5.41) is 9.38. The molecule has 11 heteroatoms. The van der Waals surface area contributed by atoms with E-state index in [0.717, 1.165) is 18.2 Å². The fraction of sp³-hybridized carbons (Fsp3) is 0.522. The SMILES string of the molecule is CCC(NC(=O)C(CC(C)C)NC(=O)NC(=O)OC)C(=O)C(=O)NCc1cc(C)cc(OC)c1. The Bertz CT molecular complexity index is 901. The largest absolute Gasteiger partial charge is 0.497 e. The average Bonchev–Trinajstić information content (AvgIpc) is 2.78. The molecule has 0 saturated heterocycles. The maximum absolute atomic E-state index is 12.8. The van der Waals surface area contributed by atoms with Crippen LogP contribution in [0, 0.1) is 12.8 Å². The normalized spacial score (nSPS) is 12.2. The van der Waals surface area contributed by atoms with Crippen LogP contribution in [0.1, 0.15) is 44.7 Å². The maximum Gasteiger partial charge on any atom is 0.415 e. The average molecular weight is 479 g/mol. The number of Topliss-reactive ketones (excluding diaryl/α,β-unsaturated/α-hetero) is 1. The monoisotopic (exact) mass is 478 g/mol. The minimum Gasteiger partial charge on any atom is -0.497 e. The Labute approximate surface area is 199 Å². The minimum atomic E-state index is -1.08. The summed E-state index contributed by atoms with van der Waals surface area (Å²) in [6.45, 7) is 7.33. The number of amides is 5. The fourth-order valence-corrected chi connectivity index (χ4v) is 3.14. The molecule has 0 heterocycles. The molecule has 188 valence electrons. The first-order valence-electron chi connectivity index (χ1n) is 10.9. The van der Waals surface area contributed by atoms with E-state index in [1.54, 1.807) is 13.0 Å². The Hall–Kier alpha value is -3.63. The highest BCUT2D eigenvalue weighted by Gasteiger charge is 2.29. The van der Waals surface area contributed by atoms with Crippen LogP contribution in [0.15, 0.2) is 18.2 Å². The van der Waals surface area contributed by atoms with Crippen molar-refractivity contribution in [3.63, 3.8) is 0 Å². The van der Waals surface area contributed by atoms with Crippen LogP contribution in [0.5, 0.6) is 5.75 Å². The first-order valence-corrected chi connectivity index (χ1v) is 10.9. The number of urea groups is 1. The van der Waals surface area contributed by atoms with Gasteiger partial charge in [0.2, 0.25) is 11.7 Å². The lowest BCUT2D eigenvalue weighted by Gasteiger charge is -2.23. The standard InChI is InChI=1S/C23H34N4O7/c1-7-17(19(28)21(30)24-12-15-9-14(4)10-16(11-15)33-5)25-20(29)18(8-13(2)3)26-22(31)27-23(32)34-6/h9-11,13,17-18H,7-8,12H2,1-6H3,(H,24,30)(H,25,29)(H2,26,27,31,32). The highest BCUT2D eigenvalue weighted by atomic mass is 16.5. The second kappa shape index (κ2) is 13.8. The summed E-state index contributed by atoms with van der Waals surface area (Å²) >= 11 is 0. The zero-order valence-electron chi connectivity index (χ0n) is 20.4. The number of hydrogen-bond acceptors (Lipinski definition) is 7. The van der Waals surface area contributed by atoms with Crippen LogP contribution in [-0.4, -0.2) is 56.0 Å². The van der Waals surface area contributed by atoms with Crippen LogP contribution in [0.2, 0.25) is 0 Å². The van der Waals surface area contributed by atoms with Crippen molar-refractivity contribution in [3.05, 3.63) is 29.3 Å². The van der Waals surface area contributed by atoms with Crippen LogP contribution in [-0.2, 0) is 25.7 Å². The highest BCUT2D eigenvalue weighted by Crippen LogP contribution is 2.16. The number of aryl methyl sites for hydroxylation is 1. The quantitative estimate of drug-likeness (QED) is 0.352. The number of nitrogens with one attached hydrogen (secondary N) is 4. The summed E-state index contributed by atoms with van der Waals surface area (Å²) in [5.74, 6) is -1.65. The Kier molecular flexibility index (Phi) is 11.5. The molecular formula is C23H34N4O7. The van der Waals surface area contributed by atoms with Crippen molar-refractivity contribution in [1.29, 1.82) is 0 Å². The van der Waals surface area contributed by atoms with Crippen molar-refractivity contribution in [2.45, 2.75) is 59.2 Å². The van der Waals surface area contributed by atoms with E-state index in [9.17, 15) is 24.0 Å². The van der Waals surface area contributed by atoms with E-state index in [2.05, 4.69) is 20.7 Å². The maximum atomic E-state index is 12.8. The van der Waals surface area contributed by atoms with Gasteiger partial charge in [-0.15, -0.1) is 0 Å². The van der Waals surface area contributed by atoms with E-state index >= 15 is 0 Å². The van der Waals surface area contributed by atoms with Gasteiger partial charge in [0.15, 0.2) is 0 Å². The van der Waals surface area contributed by atoms with Gasteiger partial charge in [-0.2, -0.15) is 0 Å². The van der Waals surface area contributed by atoms with Gasteiger partial charge in [-0.25, -0.2) is 14.9 Å². The van der Waals surface area contributed by atoms with Gasteiger partial charge in [-0.05, 0) is 48.9 Å². The molecule has 0 spiro atoms. The molecule has 34 heavy (non-hydrogen) atoms. The number of carbonyl (C=O) groups excluding carboxylic acids is 5. The summed E-state index contributed by atoms with van der Waals surface area (Å²) in [6.07, 6.45) is -0.573. The molecule has 0 aliphatic carbocycles. The molecule has 1 aromatic rings. The van der Waals surface area contributed by atoms with E-state index in [-0.39, 0.29) is 25.3 Å². The van der Waals surface area contributed by atoms with Gasteiger partial charge in [-0.1, -0.05) is 26.8 Å². The number of benzene rings is 1. The molecule has 1 rings (SSSR count). The van der Waals surface area contributed by atoms with Crippen LogP contribution in [0.4, 0.5) is 9.59 Å². The van der Waals surface area contributed by atoms with Crippen LogP contribution in [0.3, 0.4) is 0 Å². The number of imide groups is 1. The van der Waals surface area contributed by atoms with Crippen molar-refractivity contribution < 1.29 is 33.4 Å². The summed E-state index contributed by atoms with van der Waals surface area (Å²) in [5.41, 5.74) is 1.70. The third-order valence-corrected chi connectivity index (χ3v) is 4.79. The van der Waals surface area contributed by atoms with Crippen molar-refractivity contribution in [3.8, 4) is 5.75 Å². The summed E-state index contributed by atoms with van der Waals surface area (Å²) < 4.78 is 9.56. The molecule has 0 fully saturated rings. The van der Waals surface area contributed by atoms with Crippen molar-refractivity contribution in [2.24, 2.45) is 5.92 Å². The fourth-order valence-electron chi connectivity index (χ4n) is 3.14. The Morgan fingerprint density at radius 2 is 1.65 bits per heavy atom. The molecule has 2 unspecified atom stereocenters. The topological polar surface area (TPSA) is 152 Å². The number of rotatable bonds is 11. The van der Waals surface area contributed by atoms with Crippen molar-refractivity contribution in [1.82, 2.24) is 21.3 Å². The lowest BCUT2D eigenvalue weighted by Crippen LogP contribution is -2.55. The molecule has 0 bridgehead atoms. The molecule has 4 N–H and O–H groups in total. The zero-order chi connectivity index (χ0) is 25.8. The Balaban J connectivity index is 2.80. The molecule has 0 aliphatic rings. The second-order valence-corrected chi connectivity index (χ2v) is 8.15. The number of hydrogen-bond donors (Lipinski definition) is 4.